The van der Waals surface area contributed by atoms with Gasteiger partial charge < -0.3 is 15.7 Å². The minimum absolute atomic E-state index is 0.00746. The van der Waals surface area contributed by atoms with Gasteiger partial charge >= 0.3 is 6.09 Å². The van der Waals surface area contributed by atoms with E-state index in [1.807, 2.05) is 24.3 Å². The zero-order valence-corrected chi connectivity index (χ0v) is 19.4. The molecule has 2 heterocycles. The number of carbonyl (C=O) groups is 3. The lowest BCUT2D eigenvalue weighted by Gasteiger charge is -2.15. The quantitative estimate of drug-likeness (QED) is 0.327. The Kier molecular flexibility index (Phi) is 8.50. The molecule has 1 fully saturated rings. The van der Waals surface area contributed by atoms with Crippen molar-refractivity contribution in [2.45, 2.75) is 32.7 Å². The van der Waals surface area contributed by atoms with Crippen molar-refractivity contribution in [1.29, 1.82) is 0 Å². The molecule has 1 aliphatic rings. The van der Waals surface area contributed by atoms with Crippen LogP contribution in [0.1, 0.15) is 29.5 Å². The number of thiazole rings is 1. The lowest BCUT2D eigenvalue weighted by molar-refractivity contribution is -0.124. The minimum Gasteiger partial charge on any atom is -0.465 e. The second-order valence-electron chi connectivity index (χ2n) is 7.78. The molecule has 11 heteroatoms. The minimum atomic E-state index is -1.16. The van der Waals surface area contributed by atoms with Crippen molar-refractivity contribution >= 4 is 46.4 Å². The maximum atomic E-state index is 11.9. The summed E-state index contributed by atoms with van der Waals surface area (Å²) >= 11 is 1.48. The molecule has 0 saturated carbocycles. The van der Waals surface area contributed by atoms with Gasteiger partial charge in [0.05, 0.1) is 23.6 Å². The van der Waals surface area contributed by atoms with E-state index in [0.29, 0.717) is 30.3 Å². The summed E-state index contributed by atoms with van der Waals surface area (Å²) in [6.45, 7) is 3.73. The van der Waals surface area contributed by atoms with Crippen molar-refractivity contribution in [3.8, 4) is 0 Å². The molecule has 0 bridgehead atoms. The smallest absolute Gasteiger partial charge is 0.409 e. The Morgan fingerprint density at radius 2 is 2.03 bits per heavy atom. The second kappa shape index (κ2) is 11.5. The van der Waals surface area contributed by atoms with Crippen LogP contribution in [0.5, 0.6) is 0 Å². The Labute approximate surface area is 196 Å². The maximum absolute atomic E-state index is 11.9. The van der Waals surface area contributed by atoms with Gasteiger partial charge in [0, 0.05) is 31.9 Å². The Bertz CT molecular complexity index is 1020. The van der Waals surface area contributed by atoms with Gasteiger partial charge in [-0.1, -0.05) is 12.1 Å². The average Bonchev–Trinajstić information content (AvgIpc) is 3.39. The maximum Gasteiger partial charge on any atom is 0.409 e. The molecular formula is C22H28N6O4S. The number of aromatic nitrogens is 1. The van der Waals surface area contributed by atoms with E-state index in [1.165, 1.54) is 18.3 Å². The summed E-state index contributed by atoms with van der Waals surface area (Å²) in [5.74, 6) is -0.0724. The van der Waals surface area contributed by atoms with E-state index in [4.69, 9.17) is 5.11 Å². The number of benzene rings is 1. The number of carboxylic acid groups (broad SMARTS) is 1. The van der Waals surface area contributed by atoms with Crippen LogP contribution in [-0.4, -0.2) is 59.4 Å². The van der Waals surface area contributed by atoms with Crippen LogP contribution >= 0.6 is 11.3 Å². The van der Waals surface area contributed by atoms with Crippen LogP contribution in [0.2, 0.25) is 0 Å². The summed E-state index contributed by atoms with van der Waals surface area (Å²) in [5.41, 5.74) is 2.69. The predicted octanol–water partition coefficient (Wildman–Crippen LogP) is 2.38. The van der Waals surface area contributed by atoms with E-state index in [-0.39, 0.29) is 17.7 Å². The zero-order valence-electron chi connectivity index (χ0n) is 18.6. The van der Waals surface area contributed by atoms with Crippen molar-refractivity contribution in [3.63, 3.8) is 0 Å². The molecule has 0 unspecified atom stereocenters. The van der Waals surface area contributed by atoms with Crippen molar-refractivity contribution in [2.24, 2.45) is 10.9 Å². The number of likely N-dealkylation sites (tertiary alicyclic amines) is 1. The number of amides is 3. The summed E-state index contributed by atoms with van der Waals surface area (Å²) in [6, 6.07) is 7.54. The van der Waals surface area contributed by atoms with Crippen LogP contribution in [0, 0.1) is 5.92 Å². The summed E-state index contributed by atoms with van der Waals surface area (Å²) in [6.07, 6.45) is 2.28. The molecule has 1 aliphatic heterocycles. The molecule has 1 aromatic carbocycles. The number of hydrogen-bond acceptors (Lipinski definition) is 7. The van der Waals surface area contributed by atoms with Crippen LogP contribution in [0.15, 0.2) is 29.3 Å². The largest absolute Gasteiger partial charge is 0.465 e. The van der Waals surface area contributed by atoms with Gasteiger partial charge in [0.25, 0.3) is 0 Å². The van der Waals surface area contributed by atoms with E-state index >= 15 is 0 Å². The second-order valence-corrected chi connectivity index (χ2v) is 8.86. The third-order valence-electron chi connectivity index (χ3n) is 5.31. The topological polar surface area (TPSA) is 136 Å². The highest BCUT2D eigenvalue weighted by molar-refractivity contribution is 7.15. The summed E-state index contributed by atoms with van der Waals surface area (Å²) in [5, 5.41) is 16.7. The molecule has 10 nitrogen and oxygen atoms in total. The highest BCUT2D eigenvalue weighted by atomic mass is 32.1. The first-order valence-electron chi connectivity index (χ1n) is 10.6. The number of nitrogens with zero attached hydrogens (tertiary/aromatic N) is 3. The fourth-order valence-corrected chi connectivity index (χ4v) is 4.77. The Morgan fingerprint density at radius 1 is 1.27 bits per heavy atom. The molecular weight excluding hydrogens is 444 g/mol. The molecule has 3 rings (SSSR count). The zero-order chi connectivity index (χ0) is 23.8. The van der Waals surface area contributed by atoms with Crippen molar-refractivity contribution in [2.75, 3.05) is 25.5 Å². The van der Waals surface area contributed by atoms with E-state index in [2.05, 4.69) is 30.8 Å². The first-order chi connectivity index (χ1) is 15.8. The number of hydrogen-bond donors (Lipinski definition) is 4. The van der Waals surface area contributed by atoms with Gasteiger partial charge in [0.2, 0.25) is 11.8 Å². The van der Waals surface area contributed by atoms with Gasteiger partial charge in [-0.15, -0.1) is 11.3 Å². The standard InChI is InChI=1S/C22H28N6O4S/c1-14(29)26-21-27-18(19(33-21)12-28-10-9-16(11-28)20(30)23-2)8-5-15-3-6-17(7-4-15)24-13-25-22(31)32/h3-4,6-7,13,16H,5,8-12H2,1-2H3,(H,23,30)(H,24,25)(H,31,32)(H,26,27,29)/t16-/m0/s1. The van der Waals surface area contributed by atoms with Crippen LogP contribution in [-0.2, 0) is 29.0 Å². The highest BCUT2D eigenvalue weighted by Gasteiger charge is 2.28. The third kappa shape index (κ3) is 7.36. The first kappa shape index (κ1) is 24.3. The van der Waals surface area contributed by atoms with Gasteiger partial charge in [0.1, 0.15) is 0 Å². The van der Waals surface area contributed by atoms with Gasteiger partial charge in [-0.3, -0.25) is 19.8 Å². The van der Waals surface area contributed by atoms with Gasteiger partial charge in [-0.05, 0) is 43.5 Å². The van der Waals surface area contributed by atoms with E-state index < -0.39 is 6.09 Å². The molecule has 0 spiro atoms. The van der Waals surface area contributed by atoms with E-state index in [9.17, 15) is 14.4 Å². The molecule has 176 valence electrons. The fourth-order valence-electron chi connectivity index (χ4n) is 3.68. The van der Waals surface area contributed by atoms with Crippen molar-refractivity contribution < 1.29 is 19.5 Å². The summed E-state index contributed by atoms with van der Waals surface area (Å²) in [7, 11) is 1.66. The van der Waals surface area contributed by atoms with E-state index in [0.717, 1.165) is 41.9 Å². The van der Waals surface area contributed by atoms with Crippen molar-refractivity contribution in [1.82, 2.24) is 20.5 Å². The van der Waals surface area contributed by atoms with Crippen LogP contribution in [0.3, 0.4) is 0 Å². The van der Waals surface area contributed by atoms with Crippen LogP contribution in [0.4, 0.5) is 15.6 Å². The predicted molar refractivity (Wildman–Crippen MR) is 127 cm³/mol. The fraction of sp³-hybridized carbons (Fsp3) is 0.409. The number of nitrogens with one attached hydrogen (secondary N) is 3. The lowest BCUT2D eigenvalue weighted by atomic mass is 10.1. The Morgan fingerprint density at radius 3 is 2.70 bits per heavy atom. The van der Waals surface area contributed by atoms with Gasteiger partial charge in [0.15, 0.2) is 5.13 Å². The molecule has 4 N–H and O–H groups in total. The molecule has 1 saturated heterocycles. The number of aliphatic imine (C=N–C) groups is 1. The first-order valence-corrected chi connectivity index (χ1v) is 11.5. The van der Waals surface area contributed by atoms with Crippen LogP contribution < -0.4 is 16.0 Å². The van der Waals surface area contributed by atoms with Crippen molar-refractivity contribution in [3.05, 3.63) is 40.4 Å². The molecule has 1 aromatic heterocycles. The molecule has 2 aromatic rings. The summed E-state index contributed by atoms with van der Waals surface area (Å²) < 4.78 is 0. The monoisotopic (exact) mass is 472 g/mol. The number of anilines is 1. The molecule has 0 aliphatic carbocycles. The van der Waals surface area contributed by atoms with Gasteiger partial charge in [-0.25, -0.2) is 14.8 Å². The Hall–Kier alpha value is -3.31. The van der Waals surface area contributed by atoms with Gasteiger partial charge in [-0.2, -0.15) is 0 Å². The average molecular weight is 473 g/mol. The number of carbonyl (C=O) groups excluding carboxylic acids is 2. The highest BCUT2D eigenvalue weighted by Crippen LogP contribution is 2.28. The lowest BCUT2D eigenvalue weighted by Crippen LogP contribution is -2.30. The normalized spacial score (nSPS) is 16.1. The van der Waals surface area contributed by atoms with Crippen LogP contribution in [0.25, 0.3) is 0 Å². The number of aryl methyl sites for hydroxylation is 2. The molecule has 1 atom stereocenters. The molecule has 0 radical (unpaired) electrons. The number of rotatable bonds is 9. The third-order valence-corrected chi connectivity index (χ3v) is 6.30. The molecule has 3 amide bonds. The summed E-state index contributed by atoms with van der Waals surface area (Å²) in [4.78, 5) is 45.9. The molecule has 33 heavy (non-hydrogen) atoms. The SMILES string of the molecule is CNC(=O)[C@H]1CCN(Cc2sc(NC(C)=O)nc2CCc2ccc(N=CNC(=O)O)cc2)C1. The Balaban J connectivity index is 1.64. The van der Waals surface area contributed by atoms with E-state index in [1.54, 1.807) is 7.05 Å².